The van der Waals surface area contributed by atoms with Gasteiger partial charge in [-0.05, 0) is 49.1 Å². The highest BCUT2D eigenvalue weighted by atomic mass is 16.2. The van der Waals surface area contributed by atoms with E-state index in [1.807, 2.05) is 0 Å². The molecule has 2 aliphatic carbocycles. The molecule has 1 saturated heterocycles. The molecule has 4 aliphatic rings. The quantitative estimate of drug-likeness (QED) is 0.768. The van der Waals surface area contributed by atoms with Gasteiger partial charge in [-0.2, -0.15) is 0 Å². The van der Waals surface area contributed by atoms with Gasteiger partial charge < -0.3 is 9.80 Å². The average Bonchev–Trinajstić information content (AvgIpc) is 3.27. The van der Waals surface area contributed by atoms with Crippen LogP contribution in [0.1, 0.15) is 56.1 Å². The SMILES string of the molecule is O=C(C1CCC1)N1CCN(C(C(=O)N2CCc3ccccc3C2)C2CCCC2)CC1. The van der Waals surface area contributed by atoms with Gasteiger partial charge in [0.25, 0.3) is 0 Å². The highest BCUT2D eigenvalue weighted by Gasteiger charge is 2.40. The summed E-state index contributed by atoms with van der Waals surface area (Å²) in [6, 6.07) is 8.55. The van der Waals surface area contributed by atoms with Crippen molar-refractivity contribution in [3.63, 3.8) is 0 Å². The number of carbonyl (C=O) groups excluding carboxylic acids is 2. The van der Waals surface area contributed by atoms with Gasteiger partial charge in [-0.15, -0.1) is 0 Å². The third-order valence-electron chi connectivity index (χ3n) is 8.02. The second kappa shape index (κ2) is 8.70. The van der Waals surface area contributed by atoms with Gasteiger partial charge in [0.05, 0.1) is 6.04 Å². The minimum Gasteiger partial charge on any atom is -0.340 e. The first kappa shape index (κ1) is 20.0. The van der Waals surface area contributed by atoms with Crippen LogP contribution in [0.15, 0.2) is 24.3 Å². The van der Waals surface area contributed by atoms with Crippen LogP contribution >= 0.6 is 0 Å². The Bertz CT molecular complexity index is 776. The molecule has 5 nitrogen and oxygen atoms in total. The lowest BCUT2D eigenvalue weighted by molar-refractivity contribution is -0.144. The Balaban J connectivity index is 1.27. The van der Waals surface area contributed by atoms with Crippen LogP contribution in [0.4, 0.5) is 0 Å². The van der Waals surface area contributed by atoms with Crippen molar-refractivity contribution in [1.82, 2.24) is 14.7 Å². The first-order valence-corrected chi connectivity index (χ1v) is 12.1. The lowest BCUT2D eigenvalue weighted by atomic mass is 9.84. The van der Waals surface area contributed by atoms with E-state index < -0.39 is 0 Å². The number of nitrogens with zero attached hydrogens (tertiary/aromatic N) is 3. The van der Waals surface area contributed by atoms with Crippen molar-refractivity contribution < 1.29 is 9.59 Å². The summed E-state index contributed by atoms with van der Waals surface area (Å²) < 4.78 is 0. The zero-order valence-corrected chi connectivity index (χ0v) is 18.1. The number of fused-ring (bicyclic) bond motifs is 1. The van der Waals surface area contributed by atoms with Crippen LogP contribution in [0.2, 0.25) is 0 Å². The van der Waals surface area contributed by atoms with Crippen molar-refractivity contribution in [1.29, 1.82) is 0 Å². The maximum absolute atomic E-state index is 13.8. The van der Waals surface area contributed by atoms with Crippen molar-refractivity contribution in [3.8, 4) is 0 Å². The summed E-state index contributed by atoms with van der Waals surface area (Å²) in [4.78, 5) is 33.0. The molecular weight excluding hydrogens is 374 g/mol. The molecule has 1 aromatic rings. The lowest BCUT2D eigenvalue weighted by Gasteiger charge is -2.44. The molecule has 0 N–H and O–H groups in total. The average molecular weight is 410 g/mol. The number of carbonyl (C=O) groups is 2. The highest BCUT2D eigenvalue weighted by Crippen LogP contribution is 2.34. The molecule has 2 heterocycles. The van der Waals surface area contributed by atoms with Crippen molar-refractivity contribution in [2.24, 2.45) is 11.8 Å². The molecule has 30 heavy (non-hydrogen) atoms. The van der Waals surface area contributed by atoms with E-state index in [9.17, 15) is 9.59 Å². The summed E-state index contributed by atoms with van der Waals surface area (Å²) in [7, 11) is 0. The predicted octanol–water partition coefficient (Wildman–Crippen LogP) is 3.07. The number of hydrogen-bond acceptors (Lipinski definition) is 3. The molecule has 3 fully saturated rings. The Kier molecular flexibility index (Phi) is 5.81. The molecule has 1 atom stereocenters. The number of amides is 2. The van der Waals surface area contributed by atoms with Crippen molar-refractivity contribution in [2.75, 3.05) is 32.7 Å². The van der Waals surface area contributed by atoms with E-state index in [4.69, 9.17) is 0 Å². The third-order valence-corrected chi connectivity index (χ3v) is 8.02. The summed E-state index contributed by atoms with van der Waals surface area (Å²) in [5, 5.41) is 0. The topological polar surface area (TPSA) is 43.9 Å². The van der Waals surface area contributed by atoms with E-state index in [-0.39, 0.29) is 12.0 Å². The fourth-order valence-electron chi connectivity index (χ4n) is 5.93. The maximum Gasteiger partial charge on any atom is 0.240 e. The van der Waals surface area contributed by atoms with Gasteiger partial charge in [0.2, 0.25) is 11.8 Å². The number of benzene rings is 1. The number of rotatable bonds is 4. The van der Waals surface area contributed by atoms with Gasteiger partial charge in [-0.1, -0.05) is 43.5 Å². The van der Waals surface area contributed by atoms with Gasteiger partial charge in [-0.25, -0.2) is 0 Å². The van der Waals surface area contributed by atoms with E-state index >= 15 is 0 Å². The molecular formula is C25H35N3O2. The molecule has 2 amide bonds. The van der Waals surface area contributed by atoms with E-state index in [0.717, 1.165) is 58.5 Å². The summed E-state index contributed by atoms with van der Waals surface area (Å²) in [6.45, 7) is 4.84. The Hall–Kier alpha value is -1.88. The van der Waals surface area contributed by atoms with Crippen molar-refractivity contribution in [2.45, 2.75) is 64.0 Å². The van der Waals surface area contributed by atoms with Crippen LogP contribution in [-0.4, -0.2) is 65.3 Å². The fraction of sp³-hybridized carbons (Fsp3) is 0.680. The van der Waals surface area contributed by atoms with E-state index in [2.05, 4.69) is 39.0 Å². The Morgan fingerprint density at radius 1 is 0.800 bits per heavy atom. The predicted molar refractivity (Wildman–Crippen MR) is 117 cm³/mol. The molecule has 5 rings (SSSR count). The fourth-order valence-corrected chi connectivity index (χ4v) is 5.93. The molecule has 2 saturated carbocycles. The summed E-state index contributed by atoms with van der Waals surface area (Å²) in [5.41, 5.74) is 2.69. The lowest BCUT2D eigenvalue weighted by Crippen LogP contribution is -2.59. The monoisotopic (exact) mass is 409 g/mol. The van der Waals surface area contributed by atoms with E-state index in [1.54, 1.807) is 0 Å². The van der Waals surface area contributed by atoms with Gasteiger partial charge in [0.15, 0.2) is 0 Å². The van der Waals surface area contributed by atoms with Gasteiger partial charge in [-0.3, -0.25) is 14.5 Å². The molecule has 0 aromatic heterocycles. The molecule has 2 aliphatic heterocycles. The zero-order valence-electron chi connectivity index (χ0n) is 18.1. The third kappa shape index (κ3) is 3.89. The largest absolute Gasteiger partial charge is 0.340 e. The van der Waals surface area contributed by atoms with Crippen LogP contribution in [0, 0.1) is 11.8 Å². The Morgan fingerprint density at radius 2 is 1.50 bits per heavy atom. The minimum atomic E-state index is -0.00119. The second-order valence-electron chi connectivity index (χ2n) is 9.76. The Labute approximate surface area is 180 Å². The Morgan fingerprint density at radius 3 is 2.17 bits per heavy atom. The van der Waals surface area contributed by atoms with E-state index in [1.165, 1.54) is 43.2 Å². The van der Waals surface area contributed by atoms with Gasteiger partial charge in [0, 0.05) is 45.2 Å². The highest BCUT2D eigenvalue weighted by molar-refractivity contribution is 5.83. The van der Waals surface area contributed by atoms with Crippen molar-refractivity contribution >= 4 is 11.8 Å². The first-order chi connectivity index (χ1) is 14.7. The molecule has 5 heteroatoms. The molecule has 0 spiro atoms. The molecule has 0 bridgehead atoms. The smallest absolute Gasteiger partial charge is 0.240 e. The molecule has 0 radical (unpaired) electrons. The van der Waals surface area contributed by atoms with Crippen LogP contribution < -0.4 is 0 Å². The first-order valence-electron chi connectivity index (χ1n) is 12.1. The number of piperazine rings is 1. The van der Waals surface area contributed by atoms with Gasteiger partial charge >= 0.3 is 0 Å². The van der Waals surface area contributed by atoms with Crippen molar-refractivity contribution in [3.05, 3.63) is 35.4 Å². The summed E-state index contributed by atoms with van der Waals surface area (Å²) >= 11 is 0. The summed E-state index contributed by atoms with van der Waals surface area (Å²) in [6.07, 6.45) is 9.13. The maximum atomic E-state index is 13.8. The van der Waals surface area contributed by atoms with Crippen LogP contribution in [0.25, 0.3) is 0 Å². The summed E-state index contributed by atoms with van der Waals surface area (Å²) in [5.74, 6) is 1.44. The second-order valence-corrected chi connectivity index (χ2v) is 9.76. The standard InChI is InChI=1S/C25H35N3O2/c29-24(21-10-5-11-21)27-16-14-26(15-17-27)23(20-7-2-3-8-20)25(30)28-13-12-19-6-1-4-9-22(19)18-28/h1,4,6,9,20-21,23H,2-3,5,7-8,10-18H2. The van der Waals surface area contributed by atoms with Crippen LogP contribution in [-0.2, 0) is 22.6 Å². The number of hydrogen-bond donors (Lipinski definition) is 0. The minimum absolute atomic E-state index is 0.00119. The van der Waals surface area contributed by atoms with Gasteiger partial charge in [0.1, 0.15) is 0 Å². The normalized spacial score (nSPS) is 24.4. The molecule has 1 unspecified atom stereocenters. The molecule has 1 aromatic carbocycles. The zero-order chi connectivity index (χ0) is 20.5. The molecule has 162 valence electrons. The van der Waals surface area contributed by atoms with Crippen LogP contribution in [0.3, 0.4) is 0 Å². The van der Waals surface area contributed by atoms with Crippen LogP contribution in [0.5, 0.6) is 0 Å². The van der Waals surface area contributed by atoms with E-state index in [0.29, 0.717) is 17.7 Å².